The number of rotatable bonds is 12. The summed E-state index contributed by atoms with van der Waals surface area (Å²) in [6.45, 7) is 6.78. The van der Waals surface area contributed by atoms with Crippen molar-refractivity contribution >= 4 is 33.9 Å². The second-order valence-corrected chi connectivity index (χ2v) is 13.5. The van der Waals surface area contributed by atoms with Crippen molar-refractivity contribution in [2.45, 2.75) is 77.2 Å². The molecule has 2 unspecified atom stereocenters. The van der Waals surface area contributed by atoms with Crippen molar-refractivity contribution in [3.05, 3.63) is 120 Å². The molecule has 2 heteroatoms. The molecule has 232 valence electrons. The summed E-state index contributed by atoms with van der Waals surface area (Å²) < 4.78 is 0. The third-order valence-electron chi connectivity index (χ3n) is 10.8. The summed E-state index contributed by atoms with van der Waals surface area (Å²) in [5, 5.41) is 2.87. The third kappa shape index (κ3) is 4.77. The summed E-state index contributed by atoms with van der Waals surface area (Å²) in [6.07, 6.45) is 15.2. The summed E-state index contributed by atoms with van der Waals surface area (Å²) in [7, 11) is 0. The normalized spacial score (nSPS) is 17.2. The summed E-state index contributed by atoms with van der Waals surface area (Å²) in [6, 6.07) is 37.0. The maximum absolute atomic E-state index is 2.78. The van der Waals surface area contributed by atoms with Crippen LogP contribution in [0.5, 0.6) is 0 Å². The number of nitrogens with zero attached hydrogens (tertiary/aromatic N) is 2. The maximum atomic E-state index is 2.78. The molecule has 46 heavy (non-hydrogen) atoms. The number of benzene rings is 5. The van der Waals surface area contributed by atoms with E-state index in [-0.39, 0.29) is 0 Å². The molecule has 0 fully saturated rings. The van der Waals surface area contributed by atoms with Crippen molar-refractivity contribution in [1.29, 1.82) is 0 Å². The van der Waals surface area contributed by atoms with Crippen molar-refractivity contribution in [3.8, 4) is 22.3 Å². The predicted octanol–water partition coefficient (Wildman–Crippen LogP) is 12.1. The van der Waals surface area contributed by atoms with E-state index in [0.717, 1.165) is 13.1 Å². The molecule has 2 nitrogen and oxygen atoms in total. The van der Waals surface area contributed by atoms with Gasteiger partial charge in [-0.1, -0.05) is 143 Å². The van der Waals surface area contributed by atoms with Gasteiger partial charge in [0.15, 0.2) is 0 Å². The Morgan fingerprint density at radius 3 is 1.87 bits per heavy atom. The predicted molar refractivity (Wildman–Crippen MR) is 199 cm³/mol. The van der Waals surface area contributed by atoms with Gasteiger partial charge in [-0.05, 0) is 75.4 Å². The fraction of sp³-hybridized carbons (Fsp3) is 0.318. The van der Waals surface area contributed by atoms with Crippen LogP contribution >= 0.6 is 0 Å². The Kier molecular flexibility index (Phi) is 7.90. The molecular formula is C44H46N2. The van der Waals surface area contributed by atoms with Crippen LogP contribution in [0, 0.1) is 0 Å². The van der Waals surface area contributed by atoms with Crippen LogP contribution < -0.4 is 9.80 Å². The van der Waals surface area contributed by atoms with Gasteiger partial charge in [0.05, 0.1) is 6.04 Å². The first kappa shape index (κ1) is 29.1. The van der Waals surface area contributed by atoms with Gasteiger partial charge in [-0.15, -0.1) is 0 Å². The number of hydrogen-bond donors (Lipinski definition) is 0. The van der Waals surface area contributed by atoms with Gasteiger partial charge in [-0.2, -0.15) is 0 Å². The minimum Gasteiger partial charge on any atom is -0.364 e. The van der Waals surface area contributed by atoms with E-state index >= 15 is 0 Å². The van der Waals surface area contributed by atoms with Crippen molar-refractivity contribution in [2.75, 3.05) is 22.9 Å². The molecule has 0 amide bonds. The summed E-state index contributed by atoms with van der Waals surface area (Å²) in [5.41, 5.74) is 14.1. The van der Waals surface area contributed by atoms with Gasteiger partial charge in [-0.3, -0.25) is 0 Å². The second kappa shape index (κ2) is 12.5. The Hall–Kier alpha value is -4.30. The van der Waals surface area contributed by atoms with Crippen LogP contribution in [0.2, 0.25) is 0 Å². The fourth-order valence-electron chi connectivity index (χ4n) is 8.62. The molecule has 2 aliphatic heterocycles. The zero-order valence-electron chi connectivity index (χ0n) is 27.5. The SMILES string of the molecule is CCCCCCN1c2ccc(-c3ccccc3)c3c2C2c4c1ccc1c(-c5ccccc5)ccc(c41)N(CCCCCC)C2C=C3. The van der Waals surface area contributed by atoms with Crippen LogP contribution in [0.1, 0.15) is 87.8 Å². The topological polar surface area (TPSA) is 6.48 Å². The molecule has 5 aromatic carbocycles. The van der Waals surface area contributed by atoms with Gasteiger partial charge in [0.25, 0.3) is 0 Å². The van der Waals surface area contributed by atoms with E-state index in [0.29, 0.717) is 12.0 Å². The Morgan fingerprint density at radius 1 is 0.543 bits per heavy atom. The molecule has 1 aliphatic carbocycles. The van der Waals surface area contributed by atoms with Gasteiger partial charge in [0.2, 0.25) is 0 Å². The zero-order valence-corrected chi connectivity index (χ0v) is 27.5. The molecule has 0 spiro atoms. The van der Waals surface area contributed by atoms with Crippen molar-refractivity contribution in [2.24, 2.45) is 0 Å². The smallest absolute Gasteiger partial charge is 0.0587 e. The fourth-order valence-corrected chi connectivity index (χ4v) is 8.62. The molecule has 0 saturated carbocycles. The summed E-state index contributed by atoms with van der Waals surface area (Å²) in [5.74, 6) is 0.314. The van der Waals surface area contributed by atoms with Crippen molar-refractivity contribution < 1.29 is 0 Å². The highest BCUT2D eigenvalue weighted by molar-refractivity contribution is 6.11. The average Bonchev–Trinajstić information content (AvgIpc) is 3.11. The van der Waals surface area contributed by atoms with Crippen LogP contribution in [-0.2, 0) is 0 Å². The minimum absolute atomic E-state index is 0.314. The first-order chi connectivity index (χ1) is 22.8. The lowest BCUT2D eigenvalue weighted by molar-refractivity contribution is 0.565. The molecule has 2 atom stereocenters. The van der Waals surface area contributed by atoms with E-state index in [4.69, 9.17) is 0 Å². The lowest BCUT2D eigenvalue weighted by atomic mass is 9.69. The molecule has 0 saturated heterocycles. The average molecular weight is 603 g/mol. The number of anilines is 3. The largest absolute Gasteiger partial charge is 0.364 e. The van der Waals surface area contributed by atoms with Crippen LogP contribution in [0.15, 0.2) is 103 Å². The van der Waals surface area contributed by atoms with E-state index in [9.17, 15) is 0 Å². The molecule has 0 N–H and O–H groups in total. The molecular weight excluding hydrogens is 556 g/mol. The standard InChI is InChI=1S/C44H46N2/c1-3-5-7-15-29-45-37-25-21-33(31-17-11-9-12-18-31)35-24-28-40-44(41(35)37)43-39(45)27-23-36-34(32-19-13-10-14-20-32)22-26-38(42(36)43)46(40)30-16-8-6-4-2/h9-14,17-28,39,43H,3-8,15-16,29-30H2,1-2H3. The minimum atomic E-state index is 0.314. The van der Waals surface area contributed by atoms with E-state index in [1.54, 1.807) is 11.1 Å². The summed E-state index contributed by atoms with van der Waals surface area (Å²) >= 11 is 0. The van der Waals surface area contributed by atoms with Crippen molar-refractivity contribution in [1.82, 2.24) is 0 Å². The van der Waals surface area contributed by atoms with E-state index < -0.39 is 0 Å². The Bertz CT molecular complexity index is 1890. The lowest BCUT2D eigenvalue weighted by Gasteiger charge is -2.50. The van der Waals surface area contributed by atoms with Crippen LogP contribution in [0.3, 0.4) is 0 Å². The molecule has 3 aliphatic rings. The number of hydrogen-bond acceptors (Lipinski definition) is 2. The van der Waals surface area contributed by atoms with Gasteiger partial charge in [0.1, 0.15) is 0 Å². The molecule has 8 rings (SSSR count). The molecule has 5 aromatic rings. The van der Waals surface area contributed by atoms with E-state index in [1.807, 2.05) is 0 Å². The summed E-state index contributed by atoms with van der Waals surface area (Å²) in [4.78, 5) is 5.48. The highest BCUT2D eigenvalue weighted by Crippen LogP contribution is 2.59. The van der Waals surface area contributed by atoms with E-state index in [1.165, 1.54) is 107 Å². The van der Waals surface area contributed by atoms with Gasteiger partial charge in [-0.25, -0.2) is 0 Å². The first-order valence-electron chi connectivity index (χ1n) is 17.9. The van der Waals surface area contributed by atoms with Gasteiger partial charge >= 0.3 is 0 Å². The van der Waals surface area contributed by atoms with Crippen LogP contribution in [0.25, 0.3) is 39.1 Å². The zero-order chi connectivity index (χ0) is 31.0. The Labute approximate surface area is 275 Å². The van der Waals surface area contributed by atoms with Gasteiger partial charge in [0, 0.05) is 41.5 Å². The molecule has 0 bridgehead atoms. The third-order valence-corrected chi connectivity index (χ3v) is 10.8. The Balaban J connectivity index is 1.38. The molecule has 2 heterocycles. The molecule has 0 radical (unpaired) electrons. The van der Waals surface area contributed by atoms with Crippen molar-refractivity contribution in [3.63, 3.8) is 0 Å². The molecule has 0 aromatic heterocycles. The van der Waals surface area contributed by atoms with E-state index in [2.05, 4.69) is 133 Å². The Morgan fingerprint density at radius 2 is 1.15 bits per heavy atom. The second-order valence-electron chi connectivity index (χ2n) is 13.5. The maximum Gasteiger partial charge on any atom is 0.0587 e. The quantitative estimate of drug-likeness (QED) is 0.131. The highest BCUT2D eigenvalue weighted by Gasteiger charge is 2.45. The number of unbranched alkanes of at least 4 members (excludes halogenated alkanes) is 6. The monoisotopic (exact) mass is 602 g/mol. The van der Waals surface area contributed by atoms with Crippen LogP contribution in [0.4, 0.5) is 17.1 Å². The lowest BCUT2D eigenvalue weighted by Crippen LogP contribution is -2.46. The first-order valence-corrected chi connectivity index (χ1v) is 17.9. The van der Waals surface area contributed by atoms with Gasteiger partial charge < -0.3 is 9.80 Å². The van der Waals surface area contributed by atoms with Crippen LogP contribution in [-0.4, -0.2) is 19.1 Å². The highest BCUT2D eigenvalue weighted by atomic mass is 15.2.